The molecule has 0 saturated carbocycles. The Kier molecular flexibility index (Phi) is 5.94. The summed E-state index contributed by atoms with van der Waals surface area (Å²) in [6.45, 7) is 2.15. The Morgan fingerprint density at radius 2 is 1.86 bits per heavy atom. The normalized spacial score (nSPS) is 13.5. The maximum absolute atomic E-state index is 3.30. The van der Waals surface area contributed by atoms with E-state index in [0.29, 0.717) is 0 Å². The molecule has 0 unspecified atom stereocenters. The molecule has 2 aliphatic carbocycles. The monoisotopic (exact) mass is 348 g/mol. The third kappa shape index (κ3) is 3.71. The van der Waals surface area contributed by atoms with Crippen LogP contribution >= 0.6 is 0 Å². The van der Waals surface area contributed by atoms with Crippen LogP contribution in [0.2, 0.25) is 0 Å². The van der Waals surface area contributed by atoms with Crippen LogP contribution in [0.5, 0.6) is 0 Å². The van der Waals surface area contributed by atoms with Crippen molar-refractivity contribution in [3.05, 3.63) is 83.5 Å². The minimum Gasteiger partial charge on any atom is -0.270 e. The maximum atomic E-state index is 3.30. The summed E-state index contributed by atoms with van der Waals surface area (Å²) in [4.78, 5) is 0. The summed E-state index contributed by atoms with van der Waals surface area (Å²) in [5.74, 6) is 0. The number of rotatable bonds is 1. The average molecular weight is 350 g/mol. The molecule has 102 valence electrons. The molecule has 0 N–H and O–H groups in total. The Morgan fingerprint density at radius 3 is 2.57 bits per heavy atom. The van der Waals surface area contributed by atoms with E-state index < -0.39 is 0 Å². The zero-order valence-electron chi connectivity index (χ0n) is 12.3. The minimum atomic E-state index is 0. The number of benzene rings is 2. The minimum absolute atomic E-state index is 0. The fraction of sp³-hybridized carbons (Fsp3) is 0.200. The molecule has 0 nitrogen and oxygen atoms in total. The zero-order valence-corrected chi connectivity index (χ0v) is 14.8. The summed E-state index contributed by atoms with van der Waals surface area (Å²) in [6.07, 6.45) is 10.7. The molecule has 0 saturated heterocycles. The molecule has 0 aliphatic heterocycles. The first kappa shape index (κ1) is 16.2. The Hall–Kier alpha value is -1.20. The van der Waals surface area contributed by atoms with Gasteiger partial charge in [0.2, 0.25) is 0 Å². The number of allylic oxidation sites excluding steroid dienone is 4. The molecule has 0 aromatic heterocycles. The van der Waals surface area contributed by atoms with Gasteiger partial charge in [0.25, 0.3) is 0 Å². The van der Waals surface area contributed by atoms with Crippen LogP contribution < -0.4 is 0 Å². The Morgan fingerprint density at radius 1 is 1.05 bits per heavy atom. The van der Waals surface area contributed by atoms with Crippen molar-refractivity contribution in [2.75, 3.05) is 0 Å². The SMILES string of the molecule is CCC1=[C-]CC=C1.[Zr+2].[c-]1cccc2c1Cc1ccccc1-2. The molecule has 2 aromatic carbocycles. The average Bonchev–Trinajstić information content (AvgIpc) is 3.15. The van der Waals surface area contributed by atoms with E-state index in [1.54, 1.807) is 0 Å². The molecule has 0 bridgehead atoms. The molecule has 4 rings (SSSR count). The van der Waals surface area contributed by atoms with Crippen molar-refractivity contribution in [1.29, 1.82) is 0 Å². The van der Waals surface area contributed by atoms with Gasteiger partial charge in [-0.1, -0.05) is 48.7 Å². The Labute approximate surface area is 146 Å². The second-order valence-corrected chi connectivity index (χ2v) is 5.06. The van der Waals surface area contributed by atoms with Gasteiger partial charge in [-0.05, 0) is 6.42 Å². The topological polar surface area (TPSA) is 0 Å². The van der Waals surface area contributed by atoms with Gasteiger partial charge in [-0.3, -0.25) is 6.08 Å². The van der Waals surface area contributed by atoms with Crippen LogP contribution in [-0.2, 0) is 32.6 Å². The summed E-state index contributed by atoms with van der Waals surface area (Å²) >= 11 is 0. The van der Waals surface area contributed by atoms with E-state index in [4.69, 9.17) is 0 Å². The van der Waals surface area contributed by atoms with Gasteiger partial charge in [-0.2, -0.15) is 35.9 Å². The number of fused-ring (bicyclic) bond motifs is 3. The fourth-order valence-corrected chi connectivity index (χ4v) is 2.69. The van der Waals surface area contributed by atoms with Crippen molar-refractivity contribution >= 4 is 0 Å². The van der Waals surface area contributed by atoms with Gasteiger partial charge >= 0.3 is 26.2 Å². The quantitative estimate of drug-likeness (QED) is 0.534. The molecule has 21 heavy (non-hydrogen) atoms. The van der Waals surface area contributed by atoms with E-state index in [0.717, 1.165) is 19.3 Å². The van der Waals surface area contributed by atoms with Gasteiger partial charge in [0.1, 0.15) is 0 Å². The van der Waals surface area contributed by atoms with Crippen LogP contribution in [0.3, 0.4) is 0 Å². The van der Waals surface area contributed by atoms with Crippen LogP contribution in [0.1, 0.15) is 30.9 Å². The summed E-state index contributed by atoms with van der Waals surface area (Å²) in [5.41, 5.74) is 6.87. The molecule has 0 radical (unpaired) electrons. The Balaban J connectivity index is 0.000000174. The van der Waals surface area contributed by atoms with E-state index in [-0.39, 0.29) is 26.2 Å². The first-order valence-corrected chi connectivity index (χ1v) is 7.22. The fourth-order valence-electron chi connectivity index (χ4n) is 2.69. The van der Waals surface area contributed by atoms with E-state index in [9.17, 15) is 0 Å². The van der Waals surface area contributed by atoms with Crippen molar-refractivity contribution < 1.29 is 26.2 Å². The standard InChI is InChI=1S/C13H9.C7H9.Zr/c1-3-7-12-10(5-1)9-11-6-2-4-8-13(11)12;1-2-7-5-3-4-6-7;/h1-5,7-8H,9H2;3,5H,2,4H2,1H3;/q2*-1;+2. The van der Waals surface area contributed by atoms with E-state index >= 15 is 0 Å². The van der Waals surface area contributed by atoms with E-state index in [2.05, 4.69) is 67.6 Å². The van der Waals surface area contributed by atoms with Gasteiger partial charge < -0.3 is 0 Å². The van der Waals surface area contributed by atoms with Crippen molar-refractivity contribution in [3.8, 4) is 11.1 Å². The molecule has 0 spiro atoms. The molecule has 2 aromatic rings. The molecule has 0 heterocycles. The van der Waals surface area contributed by atoms with Crippen LogP contribution in [0, 0.1) is 12.1 Å². The van der Waals surface area contributed by atoms with Crippen molar-refractivity contribution in [3.63, 3.8) is 0 Å². The number of hydrogen-bond donors (Lipinski definition) is 0. The first-order valence-electron chi connectivity index (χ1n) is 7.22. The molecule has 0 atom stereocenters. The van der Waals surface area contributed by atoms with Crippen molar-refractivity contribution in [2.45, 2.75) is 26.2 Å². The van der Waals surface area contributed by atoms with Gasteiger partial charge in [0, 0.05) is 0 Å². The molecular weight excluding hydrogens is 331 g/mol. The molecule has 0 fully saturated rings. The third-order valence-electron chi connectivity index (χ3n) is 3.76. The number of hydrogen-bond acceptors (Lipinski definition) is 0. The smallest absolute Gasteiger partial charge is 0.270 e. The van der Waals surface area contributed by atoms with Crippen LogP contribution in [0.4, 0.5) is 0 Å². The van der Waals surface area contributed by atoms with Crippen molar-refractivity contribution in [1.82, 2.24) is 0 Å². The van der Waals surface area contributed by atoms with E-state index in [1.165, 1.54) is 27.8 Å². The largest absolute Gasteiger partial charge is 2.00 e. The second-order valence-electron chi connectivity index (χ2n) is 5.06. The maximum Gasteiger partial charge on any atom is 2.00 e. The molecule has 1 heteroatoms. The summed E-state index contributed by atoms with van der Waals surface area (Å²) in [5, 5.41) is 0. The van der Waals surface area contributed by atoms with Gasteiger partial charge in [0.15, 0.2) is 0 Å². The first-order chi connectivity index (χ1) is 9.88. The van der Waals surface area contributed by atoms with Crippen LogP contribution in [-0.4, -0.2) is 0 Å². The third-order valence-corrected chi connectivity index (χ3v) is 3.76. The zero-order chi connectivity index (χ0) is 13.8. The Bertz CT molecular complexity index is 622. The molecule has 2 aliphatic rings. The summed E-state index contributed by atoms with van der Waals surface area (Å²) < 4.78 is 0. The van der Waals surface area contributed by atoms with Gasteiger partial charge in [-0.25, -0.2) is 11.6 Å². The molecular formula is C20H18Zr. The van der Waals surface area contributed by atoms with E-state index in [1.807, 2.05) is 6.07 Å². The van der Waals surface area contributed by atoms with Gasteiger partial charge in [0.05, 0.1) is 0 Å². The van der Waals surface area contributed by atoms with Crippen LogP contribution in [0.15, 0.2) is 60.2 Å². The second kappa shape index (κ2) is 7.71. The van der Waals surface area contributed by atoms with Crippen LogP contribution in [0.25, 0.3) is 11.1 Å². The predicted molar refractivity (Wildman–Crippen MR) is 84.3 cm³/mol. The van der Waals surface area contributed by atoms with Crippen molar-refractivity contribution in [2.24, 2.45) is 0 Å². The molecule has 0 amide bonds. The summed E-state index contributed by atoms with van der Waals surface area (Å²) in [7, 11) is 0. The predicted octanol–water partition coefficient (Wildman–Crippen LogP) is 5.14. The summed E-state index contributed by atoms with van der Waals surface area (Å²) in [6, 6.07) is 18.1. The van der Waals surface area contributed by atoms with Gasteiger partial charge in [-0.15, -0.1) is 12.0 Å².